The van der Waals surface area contributed by atoms with E-state index in [2.05, 4.69) is 6.92 Å². The molecule has 4 heterocycles. The normalized spacial score (nSPS) is 57.5. The van der Waals surface area contributed by atoms with Crippen molar-refractivity contribution in [1.82, 2.24) is 0 Å². The maximum absolute atomic E-state index is 12.2. The number of carbonyl (C=O) groups excluding carboxylic acids is 1. The highest BCUT2D eigenvalue weighted by molar-refractivity contribution is 5.92. The number of esters is 1. The van der Waals surface area contributed by atoms with Gasteiger partial charge in [-0.2, -0.15) is 0 Å². The number of ether oxygens (including phenoxy) is 5. The molecule has 8 heteroatoms. The molecule has 156 valence electrons. The molecule has 2 saturated carbocycles. The van der Waals surface area contributed by atoms with Crippen LogP contribution in [0.4, 0.5) is 4.79 Å². The highest BCUT2D eigenvalue weighted by atomic mass is 16.8. The van der Waals surface area contributed by atoms with E-state index in [1.807, 2.05) is 13.8 Å². The molecular formula is C21H24O8. The lowest BCUT2D eigenvalue weighted by Crippen LogP contribution is -2.70. The summed E-state index contributed by atoms with van der Waals surface area (Å²) in [4.78, 5) is 23.8. The van der Waals surface area contributed by atoms with Crippen molar-refractivity contribution in [2.45, 2.75) is 81.3 Å². The second-order valence-electron chi connectivity index (χ2n) is 10.3. The highest BCUT2D eigenvalue weighted by Crippen LogP contribution is 2.83. The number of hydrogen-bond donors (Lipinski definition) is 1. The van der Waals surface area contributed by atoms with Gasteiger partial charge in [0.05, 0.1) is 6.10 Å². The lowest BCUT2D eigenvalue weighted by molar-refractivity contribution is -0.136. The number of carbonyl (C=O) groups is 2. The molecule has 3 saturated heterocycles. The average Bonchev–Trinajstić information content (AvgIpc) is 3.53. The zero-order valence-corrected chi connectivity index (χ0v) is 16.6. The third kappa shape index (κ3) is 1.49. The number of cyclic esters (lactones) is 1. The van der Waals surface area contributed by atoms with E-state index >= 15 is 0 Å². The Kier molecular flexibility index (Phi) is 2.65. The molecule has 1 N–H and O–H groups in total. The van der Waals surface area contributed by atoms with E-state index in [-0.39, 0.29) is 41.5 Å². The molecule has 0 amide bonds. The van der Waals surface area contributed by atoms with Crippen molar-refractivity contribution in [2.24, 2.45) is 17.3 Å². The van der Waals surface area contributed by atoms with Crippen LogP contribution in [0.5, 0.6) is 0 Å². The van der Waals surface area contributed by atoms with Crippen LogP contribution < -0.4 is 0 Å². The molecule has 4 aliphatic heterocycles. The van der Waals surface area contributed by atoms with Gasteiger partial charge < -0.3 is 28.8 Å². The van der Waals surface area contributed by atoms with Gasteiger partial charge in [0.25, 0.3) is 0 Å². The van der Waals surface area contributed by atoms with E-state index < -0.39 is 29.1 Å². The number of rotatable bonds is 2. The van der Waals surface area contributed by atoms with Gasteiger partial charge in [0.15, 0.2) is 11.7 Å². The van der Waals surface area contributed by atoms with E-state index in [1.165, 1.54) is 0 Å². The largest absolute Gasteiger partial charge is 0.506 e. The molecule has 29 heavy (non-hydrogen) atoms. The Bertz CT molecular complexity index is 926. The van der Waals surface area contributed by atoms with Crippen LogP contribution in [-0.4, -0.2) is 65.1 Å². The topological polar surface area (TPSA) is 110 Å². The fraction of sp³-hybridized carbons (Fsp3) is 0.810. The summed E-state index contributed by atoms with van der Waals surface area (Å²) in [5.74, 6) is 0.00544. The second kappa shape index (κ2) is 4.50. The molecule has 8 nitrogen and oxygen atoms in total. The van der Waals surface area contributed by atoms with Gasteiger partial charge in [0.2, 0.25) is 0 Å². The van der Waals surface area contributed by atoms with Crippen LogP contribution in [0.25, 0.3) is 0 Å². The first kappa shape index (κ1) is 17.1. The summed E-state index contributed by atoms with van der Waals surface area (Å²) < 4.78 is 30.0. The van der Waals surface area contributed by atoms with Gasteiger partial charge in [-0.05, 0) is 36.7 Å². The van der Waals surface area contributed by atoms with Crippen molar-refractivity contribution in [3.8, 4) is 0 Å². The molecule has 0 aromatic heterocycles. The Hall–Kier alpha value is -1.64. The van der Waals surface area contributed by atoms with E-state index in [9.17, 15) is 14.7 Å². The molecular weight excluding hydrogens is 380 g/mol. The van der Waals surface area contributed by atoms with Gasteiger partial charge in [0, 0.05) is 11.0 Å². The number of fused-ring (bicyclic) bond motifs is 4. The summed E-state index contributed by atoms with van der Waals surface area (Å²) in [6.07, 6.45) is -0.341. The zero-order valence-electron chi connectivity index (χ0n) is 16.6. The molecule has 3 aliphatic carbocycles. The fourth-order valence-electron chi connectivity index (χ4n) is 7.94. The monoisotopic (exact) mass is 404 g/mol. The van der Waals surface area contributed by atoms with Crippen LogP contribution in [0.1, 0.15) is 40.0 Å². The molecule has 0 bridgehead atoms. The molecule has 7 aliphatic rings. The van der Waals surface area contributed by atoms with E-state index in [0.717, 1.165) is 24.0 Å². The minimum atomic E-state index is -1.31. The summed E-state index contributed by atoms with van der Waals surface area (Å²) in [7, 11) is 0. The Morgan fingerprint density at radius 2 is 2.03 bits per heavy atom. The molecule has 0 unspecified atom stereocenters. The van der Waals surface area contributed by atoms with Crippen LogP contribution in [0, 0.1) is 17.3 Å². The van der Waals surface area contributed by atoms with Crippen molar-refractivity contribution in [2.75, 3.05) is 6.61 Å². The van der Waals surface area contributed by atoms with Gasteiger partial charge in [-0.3, -0.25) is 0 Å². The van der Waals surface area contributed by atoms with Gasteiger partial charge in [-0.25, -0.2) is 9.59 Å². The molecule has 0 aromatic carbocycles. The quantitative estimate of drug-likeness (QED) is 0.548. The van der Waals surface area contributed by atoms with Crippen LogP contribution in [0.15, 0.2) is 11.1 Å². The molecule has 2 spiro atoms. The first-order valence-corrected chi connectivity index (χ1v) is 10.6. The van der Waals surface area contributed by atoms with Gasteiger partial charge in [-0.1, -0.05) is 20.8 Å². The van der Waals surface area contributed by atoms with Crippen molar-refractivity contribution >= 4 is 12.1 Å². The third-order valence-electron chi connectivity index (χ3n) is 9.28. The Morgan fingerprint density at radius 3 is 2.76 bits per heavy atom. The summed E-state index contributed by atoms with van der Waals surface area (Å²) in [5.41, 5.74) is -0.510. The molecule has 7 rings (SSSR count). The van der Waals surface area contributed by atoms with Crippen LogP contribution in [-0.2, 0) is 28.5 Å². The number of hydrogen-bond acceptors (Lipinski definition) is 7. The Balaban J connectivity index is 1.38. The summed E-state index contributed by atoms with van der Waals surface area (Å²) in [6, 6.07) is 0. The second-order valence-corrected chi connectivity index (χ2v) is 10.3. The summed E-state index contributed by atoms with van der Waals surface area (Å²) in [5, 5.41) is 9.53. The lowest BCUT2D eigenvalue weighted by atomic mass is 9.46. The van der Waals surface area contributed by atoms with Crippen molar-refractivity contribution in [3.05, 3.63) is 11.1 Å². The summed E-state index contributed by atoms with van der Waals surface area (Å²) in [6.45, 7) is 6.63. The summed E-state index contributed by atoms with van der Waals surface area (Å²) >= 11 is 0. The van der Waals surface area contributed by atoms with E-state index in [4.69, 9.17) is 23.7 Å². The first-order valence-electron chi connectivity index (χ1n) is 10.6. The maximum atomic E-state index is 12.2. The van der Waals surface area contributed by atoms with Crippen molar-refractivity contribution in [3.63, 3.8) is 0 Å². The minimum absolute atomic E-state index is 0.0744. The van der Waals surface area contributed by atoms with Gasteiger partial charge in [0.1, 0.15) is 30.0 Å². The fourth-order valence-corrected chi connectivity index (χ4v) is 7.94. The predicted molar refractivity (Wildman–Crippen MR) is 94.0 cm³/mol. The van der Waals surface area contributed by atoms with E-state index in [0.29, 0.717) is 13.0 Å². The maximum Gasteiger partial charge on any atom is 0.506 e. The van der Waals surface area contributed by atoms with Gasteiger partial charge >= 0.3 is 12.1 Å². The van der Waals surface area contributed by atoms with Crippen LogP contribution in [0.2, 0.25) is 0 Å². The van der Waals surface area contributed by atoms with Crippen LogP contribution >= 0.6 is 0 Å². The molecule has 0 aromatic rings. The zero-order chi connectivity index (χ0) is 20.1. The Morgan fingerprint density at radius 1 is 1.24 bits per heavy atom. The molecule has 5 fully saturated rings. The predicted octanol–water partition coefficient (Wildman–Crippen LogP) is 1.81. The average molecular weight is 404 g/mol. The standard InChI is InChI=1S/C21H24O8/c1-8(2)19-13(28-19)14-21(29-14)18(3)5-4-9-10(7-25-15(9)22)11(18)6-12-20(21,27-12)16(19)26-17(23)24/h8,11-14,16H,4-7H2,1-3H3,(H,23,24)/t11-,12-,13+,14-,16+,18-,19+,20+,21+/m0/s1. The minimum Gasteiger partial charge on any atom is -0.458 e. The molecule has 9 atom stereocenters. The lowest BCUT2D eigenvalue weighted by Gasteiger charge is -2.53. The number of carboxylic acid groups (broad SMARTS) is 1. The number of epoxide rings is 3. The SMILES string of the molecule is CC(C)[C@@]12O[C@@H]1[C@@H]1O[C@]13[C@]1(O[C@H]1C[C@H]1C4=C(CC[C@@]13C)C(=O)OC4)[C@@H]2OC(=O)O. The molecule has 0 radical (unpaired) electrons. The van der Waals surface area contributed by atoms with Gasteiger partial charge in [-0.15, -0.1) is 0 Å². The first-order chi connectivity index (χ1) is 13.7. The highest BCUT2D eigenvalue weighted by Gasteiger charge is 3.01. The van der Waals surface area contributed by atoms with Crippen molar-refractivity contribution in [1.29, 1.82) is 0 Å². The van der Waals surface area contributed by atoms with Crippen LogP contribution in [0.3, 0.4) is 0 Å². The Labute approximate surface area is 167 Å². The smallest absolute Gasteiger partial charge is 0.458 e. The van der Waals surface area contributed by atoms with Crippen molar-refractivity contribution < 1.29 is 38.4 Å². The third-order valence-corrected chi connectivity index (χ3v) is 9.28. The van der Waals surface area contributed by atoms with E-state index in [1.54, 1.807) is 0 Å².